The molecule has 0 heterocycles. The van der Waals surface area contributed by atoms with Crippen molar-refractivity contribution in [1.82, 2.24) is 0 Å². The third-order valence-corrected chi connectivity index (χ3v) is 2.29. The summed E-state index contributed by atoms with van der Waals surface area (Å²) in [6.45, 7) is 1.82. The SMILES string of the molecule is Cc1ccc2c(c1)C(=O)C(=O)CC2=O. The molecule has 1 aromatic carbocycles. The Morgan fingerprint density at radius 2 is 1.71 bits per heavy atom. The minimum Gasteiger partial charge on any atom is -0.294 e. The highest BCUT2D eigenvalue weighted by molar-refractivity contribution is 6.50. The van der Waals surface area contributed by atoms with Gasteiger partial charge in [-0.1, -0.05) is 17.7 Å². The first-order chi connectivity index (χ1) is 6.59. The second-order valence-corrected chi connectivity index (χ2v) is 3.40. The van der Waals surface area contributed by atoms with Crippen LogP contribution >= 0.6 is 0 Å². The molecule has 70 valence electrons. The molecule has 0 N–H and O–H groups in total. The predicted molar refractivity (Wildman–Crippen MR) is 49.5 cm³/mol. The summed E-state index contributed by atoms with van der Waals surface area (Å²) in [6, 6.07) is 4.96. The van der Waals surface area contributed by atoms with Crippen molar-refractivity contribution in [1.29, 1.82) is 0 Å². The van der Waals surface area contributed by atoms with Crippen LogP contribution in [0.3, 0.4) is 0 Å². The van der Waals surface area contributed by atoms with Gasteiger partial charge in [-0.05, 0) is 13.0 Å². The standard InChI is InChI=1S/C11H8O3/c1-6-2-3-7-8(4-6)11(14)10(13)5-9(7)12/h2-4H,5H2,1H3. The van der Waals surface area contributed by atoms with Crippen molar-refractivity contribution in [3.63, 3.8) is 0 Å². The highest BCUT2D eigenvalue weighted by Crippen LogP contribution is 2.20. The Hall–Kier alpha value is -1.77. The lowest BCUT2D eigenvalue weighted by Crippen LogP contribution is -2.26. The van der Waals surface area contributed by atoms with Crippen molar-refractivity contribution in [2.45, 2.75) is 13.3 Å². The van der Waals surface area contributed by atoms with E-state index in [1.807, 2.05) is 6.92 Å². The number of carbonyl (C=O) groups is 3. The van der Waals surface area contributed by atoms with Gasteiger partial charge in [0.25, 0.3) is 0 Å². The Balaban J connectivity index is 2.68. The van der Waals surface area contributed by atoms with Gasteiger partial charge in [0, 0.05) is 11.1 Å². The average Bonchev–Trinajstić information content (AvgIpc) is 2.14. The van der Waals surface area contributed by atoms with Crippen LogP contribution in [0.1, 0.15) is 32.7 Å². The topological polar surface area (TPSA) is 51.2 Å². The van der Waals surface area contributed by atoms with E-state index in [-0.39, 0.29) is 17.8 Å². The van der Waals surface area contributed by atoms with Gasteiger partial charge in [0.15, 0.2) is 5.78 Å². The molecule has 1 aliphatic carbocycles. The van der Waals surface area contributed by atoms with E-state index >= 15 is 0 Å². The van der Waals surface area contributed by atoms with Crippen LogP contribution < -0.4 is 0 Å². The summed E-state index contributed by atoms with van der Waals surface area (Å²) in [7, 11) is 0. The number of Topliss-reactive ketones (excluding diaryl/α,β-unsaturated/α-hetero) is 3. The molecule has 0 amide bonds. The monoisotopic (exact) mass is 188 g/mol. The van der Waals surface area contributed by atoms with Gasteiger partial charge in [0.05, 0.1) is 6.42 Å². The summed E-state index contributed by atoms with van der Waals surface area (Å²) in [6.07, 6.45) is -0.283. The van der Waals surface area contributed by atoms with Crippen LogP contribution in [0.2, 0.25) is 0 Å². The van der Waals surface area contributed by atoms with Crippen molar-refractivity contribution in [2.24, 2.45) is 0 Å². The summed E-state index contributed by atoms with van der Waals surface area (Å²) in [5, 5.41) is 0. The zero-order valence-corrected chi connectivity index (χ0v) is 7.66. The molecule has 0 bridgehead atoms. The third kappa shape index (κ3) is 1.18. The van der Waals surface area contributed by atoms with E-state index in [4.69, 9.17) is 0 Å². The summed E-state index contributed by atoms with van der Waals surface area (Å²) in [5.41, 5.74) is 1.51. The molecule has 0 atom stereocenters. The molecule has 1 aromatic rings. The molecule has 2 rings (SSSR count). The second kappa shape index (κ2) is 2.87. The number of aryl methyl sites for hydroxylation is 1. The first kappa shape index (κ1) is 8.81. The van der Waals surface area contributed by atoms with Crippen LogP contribution in [-0.4, -0.2) is 17.3 Å². The van der Waals surface area contributed by atoms with Crippen LogP contribution in [0.5, 0.6) is 0 Å². The maximum absolute atomic E-state index is 11.4. The van der Waals surface area contributed by atoms with Gasteiger partial charge >= 0.3 is 0 Å². The predicted octanol–water partition coefficient (Wildman–Crippen LogP) is 1.33. The third-order valence-electron chi connectivity index (χ3n) is 2.29. The summed E-state index contributed by atoms with van der Waals surface area (Å²) in [4.78, 5) is 33.9. The molecule has 0 radical (unpaired) electrons. The zero-order valence-electron chi connectivity index (χ0n) is 7.66. The number of benzene rings is 1. The van der Waals surface area contributed by atoms with Crippen molar-refractivity contribution in [2.75, 3.05) is 0 Å². The Morgan fingerprint density at radius 1 is 1.00 bits per heavy atom. The molecular formula is C11H8O3. The fourth-order valence-electron chi connectivity index (χ4n) is 1.56. The van der Waals surface area contributed by atoms with Crippen LogP contribution in [-0.2, 0) is 4.79 Å². The Kier molecular flexibility index (Phi) is 1.81. The minimum absolute atomic E-state index is 0.256. The van der Waals surface area contributed by atoms with E-state index in [2.05, 4.69) is 0 Å². The smallest absolute Gasteiger partial charge is 0.229 e. The number of fused-ring (bicyclic) bond motifs is 1. The summed E-state index contributed by atoms with van der Waals surface area (Å²) >= 11 is 0. The Morgan fingerprint density at radius 3 is 2.43 bits per heavy atom. The lowest BCUT2D eigenvalue weighted by atomic mass is 9.88. The molecule has 0 saturated heterocycles. The Labute approximate surface area is 80.7 Å². The molecule has 0 aliphatic heterocycles. The molecule has 0 saturated carbocycles. The van der Waals surface area contributed by atoms with E-state index in [1.165, 1.54) is 0 Å². The fraction of sp³-hybridized carbons (Fsp3) is 0.182. The largest absolute Gasteiger partial charge is 0.294 e. The van der Waals surface area contributed by atoms with Crippen molar-refractivity contribution in [3.05, 3.63) is 34.9 Å². The van der Waals surface area contributed by atoms with E-state index in [0.29, 0.717) is 5.56 Å². The maximum atomic E-state index is 11.4. The number of rotatable bonds is 0. The van der Waals surface area contributed by atoms with Crippen LogP contribution in [0, 0.1) is 6.92 Å². The molecule has 0 spiro atoms. The van der Waals surface area contributed by atoms with E-state index in [0.717, 1.165) is 5.56 Å². The first-order valence-corrected chi connectivity index (χ1v) is 4.31. The second-order valence-electron chi connectivity index (χ2n) is 3.40. The highest BCUT2D eigenvalue weighted by atomic mass is 16.2. The summed E-state index contributed by atoms with van der Waals surface area (Å²) in [5.74, 6) is -1.40. The van der Waals surface area contributed by atoms with Crippen LogP contribution in [0.25, 0.3) is 0 Å². The van der Waals surface area contributed by atoms with E-state index in [1.54, 1.807) is 18.2 Å². The lowest BCUT2D eigenvalue weighted by Gasteiger charge is -2.12. The minimum atomic E-state index is -0.604. The van der Waals surface area contributed by atoms with Crippen molar-refractivity contribution in [3.8, 4) is 0 Å². The first-order valence-electron chi connectivity index (χ1n) is 4.31. The lowest BCUT2D eigenvalue weighted by molar-refractivity contribution is -0.114. The van der Waals surface area contributed by atoms with Crippen LogP contribution in [0.4, 0.5) is 0 Å². The number of carbonyl (C=O) groups excluding carboxylic acids is 3. The number of hydrogen-bond donors (Lipinski definition) is 0. The normalized spacial score (nSPS) is 15.6. The average molecular weight is 188 g/mol. The molecular weight excluding hydrogens is 180 g/mol. The van der Waals surface area contributed by atoms with Gasteiger partial charge in [0.2, 0.25) is 11.6 Å². The van der Waals surface area contributed by atoms with Gasteiger partial charge in [-0.2, -0.15) is 0 Å². The molecule has 1 aliphatic rings. The van der Waals surface area contributed by atoms with Gasteiger partial charge in [-0.25, -0.2) is 0 Å². The van der Waals surface area contributed by atoms with Crippen molar-refractivity contribution >= 4 is 17.3 Å². The molecule has 0 aromatic heterocycles. The number of hydrogen-bond acceptors (Lipinski definition) is 3. The fourth-order valence-corrected chi connectivity index (χ4v) is 1.56. The molecule has 0 unspecified atom stereocenters. The molecule has 14 heavy (non-hydrogen) atoms. The van der Waals surface area contributed by atoms with Gasteiger partial charge < -0.3 is 0 Å². The van der Waals surface area contributed by atoms with E-state index < -0.39 is 11.6 Å². The molecule has 0 fully saturated rings. The molecule has 3 heteroatoms. The Bertz CT molecular complexity index is 458. The van der Waals surface area contributed by atoms with Gasteiger partial charge in [-0.15, -0.1) is 0 Å². The van der Waals surface area contributed by atoms with Crippen molar-refractivity contribution < 1.29 is 14.4 Å². The van der Waals surface area contributed by atoms with Gasteiger partial charge in [-0.3, -0.25) is 14.4 Å². The number of ketones is 3. The van der Waals surface area contributed by atoms with Gasteiger partial charge in [0.1, 0.15) is 0 Å². The highest BCUT2D eigenvalue weighted by Gasteiger charge is 2.30. The van der Waals surface area contributed by atoms with E-state index in [9.17, 15) is 14.4 Å². The zero-order chi connectivity index (χ0) is 10.3. The summed E-state index contributed by atoms with van der Waals surface area (Å²) < 4.78 is 0. The maximum Gasteiger partial charge on any atom is 0.229 e. The molecule has 3 nitrogen and oxygen atoms in total. The van der Waals surface area contributed by atoms with Crippen LogP contribution in [0.15, 0.2) is 18.2 Å². The quantitative estimate of drug-likeness (QED) is 0.456.